The fourth-order valence-corrected chi connectivity index (χ4v) is 3.06. The van der Waals surface area contributed by atoms with Crippen molar-refractivity contribution in [3.63, 3.8) is 0 Å². The van der Waals surface area contributed by atoms with Crippen LogP contribution in [-0.2, 0) is 0 Å². The zero-order valence-corrected chi connectivity index (χ0v) is 14.9. The van der Waals surface area contributed by atoms with Crippen molar-refractivity contribution in [3.8, 4) is 0 Å². The summed E-state index contributed by atoms with van der Waals surface area (Å²) in [5, 5.41) is 15.1. The summed E-state index contributed by atoms with van der Waals surface area (Å²) >= 11 is 1.32. The standard InChI is InChI=1S/C16H19N7OS/c1-3-17-13-19-14(18-4-2)23-15(20-13)21-22-16(23)25-10-12(24)11-8-6-5-7-9-11/h5-9H,3-4,10H2,1-2H3,(H2,17,18,19,20,21). The van der Waals surface area contributed by atoms with E-state index in [9.17, 15) is 4.79 Å². The summed E-state index contributed by atoms with van der Waals surface area (Å²) in [4.78, 5) is 21.1. The first kappa shape index (κ1) is 17.2. The second-order valence-corrected chi connectivity index (χ2v) is 6.07. The summed E-state index contributed by atoms with van der Waals surface area (Å²) in [6.07, 6.45) is 0. The van der Waals surface area contributed by atoms with E-state index in [1.807, 2.05) is 32.0 Å². The van der Waals surface area contributed by atoms with Crippen LogP contribution in [-0.4, -0.2) is 49.2 Å². The van der Waals surface area contributed by atoms with E-state index in [1.54, 1.807) is 16.5 Å². The Morgan fingerprint density at radius 3 is 2.56 bits per heavy atom. The molecule has 0 aliphatic heterocycles. The SMILES string of the molecule is CCNc1nc(NCC)n2c(SCC(=O)c3ccccc3)nnc2n1. The first-order chi connectivity index (χ1) is 12.2. The number of nitrogens with zero attached hydrogens (tertiary/aromatic N) is 5. The predicted octanol–water partition coefficient (Wildman–Crippen LogP) is 2.36. The van der Waals surface area contributed by atoms with Crippen LogP contribution in [0.15, 0.2) is 35.5 Å². The van der Waals surface area contributed by atoms with Gasteiger partial charge in [-0.05, 0) is 13.8 Å². The molecule has 25 heavy (non-hydrogen) atoms. The first-order valence-corrected chi connectivity index (χ1v) is 9.03. The number of anilines is 2. The predicted molar refractivity (Wildman–Crippen MR) is 98.4 cm³/mol. The quantitative estimate of drug-likeness (QED) is 0.468. The molecular formula is C16H19N7OS. The molecule has 0 unspecified atom stereocenters. The largest absolute Gasteiger partial charge is 0.355 e. The molecule has 8 nitrogen and oxygen atoms in total. The minimum atomic E-state index is 0.0394. The van der Waals surface area contributed by atoms with E-state index >= 15 is 0 Å². The zero-order valence-electron chi connectivity index (χ0n) is 14.1. The highest BCUT2D eigenvalue weighted by molar-refractivity contribution is 7.99. The summed E-state index contributed by atoms with van der Waals surface area (Å²) in [6.45, 7) is 5.36. The molecule has 2 aromatic heterocycles. The Labute approximate surface area is 149 Å². The van der Waals surface area contributed by atoms with Crippen LogP contribution in [0.3, 0.4) is 0 Å². The van der Waals surface area contributed by atoms with Gasteiger partial charge in [-0.15, -0.1) is 10.2 Å². The topological polar surface area (TPSA) is 97.1 Å². The second-order valence-electron chi connectivity index (χ2n) is 5.13. The van der Waals surface area contributed by atoms with E-state index < -0.39 is 0 Å². The number of hydrogen-bond donors (Lipinski definition) is 2. The lowest BCUT2D eigenvalue weighted by Gasteiger charge is -2.09. The summed E-state index contributed by atoms with van der Waals surface area (Å²) < 4.78 is 1.73. The number of benzene rings is 1. The van der Waals surface area contributed by atoms with Gasteiger partial charge in [0, 0.05) is 18.7 Å². The minimum Gasteiger partial charge on any atom is -0.355 e. The van der Waals surface area contributed by atoms with Gasteiger partial charge in [0.1, 0.15) is 0 Å². The Balaban J connectivity index is 1.85. The minimum absolute atomic E-state index is 0.0394. The molecule has 0 aliphatic rings. The van der Waals surface area contributed by atoms with Crippen molar-refractivity contribution in [1.82, 2.24) is 24.6 Å². The molecule has 3 rings (SSSR count). The first-order valence-electron chi connectivity index (χ1n) is 8.04. The van der Waals surface area contributed by atoms with Crippen LogP contribution in [0, 0.1) is 0 Å². The maximum Gasteiger partial charge on any atom is 0.261 e. The van der Waals surface area contributed by atoms with Crippen LogP contribution < -0.4 is 10.6 Å². The van der Waals surface area contributed by atoms with Crippen molar-refractivity contribution in [2.45, 2.75) is 19.0 Å². The molecule has 2 N–H and O–H groups in total. The summed E-state index contributed by atoms with van der Waals surface area (Å²) in [5.41, 5.74) is 0.682. The highest BCUT2D eigenvalue weighted by Crippen LogP contribution is 2.21. The fraction of sp³-hybridized carbons (Fsp3) is 0.312. The lowest BCUT2D eigenvalue weighted by atomic mass is 10.2. The number of hydrogen-bond acceptors (Lipinski definition) is 8. The molecule has 3 aromatic rings. The van der Waals surface area contributed by atoms with Gasteiger partial charge in [0.05, 0.1) is 5.75 Å². The van der Waals surface area contributed by atoms with E-state index in [1.165, 1.54) is 11.8 Å². The Kier molecular flexibility index (Phi) is 5.44. The van der Waals surface area contributed by atoms with E-state index in [4.69, 9.17) is 0 Å². The van der Waals surface area contributed by atoms with Crippen molar-refractivity contribution < 1.29 is 4.79 Å². The van der Waals surface area contributed by atoms with Gasteiger partial charge in [-0.2, -0.15) is 9.97 Å². The average molecular weight is 357 g/mol. The van der Waals surface area contributed by atoms with Gasteiger partial charge in [-0.25, -0.2) is 4.40 Å². The maximum absolute atomic E-state index is 12.3. The van der Waals surface area contributed by atoms with Gasteiger partial charge in [-0.3, -0.25) is 4.79 Å². The lowest BCUT2D eigenvalue weighted by molar-refractivity contribution is 0.102. The summed E-state index contributed by atoms with van der Waals surface area (Å²) in [5.74, 6) is 1.85. The number of fused-ring (bicyclic) bond motifs is 1. The van der Waals surface area contributed by atoms with E-state index in [-0.39, 0.29) is 11.5 Å². The van der Waals surface area contributed by atoms with Crippen molar-refractivity contribution in [2.75, 3.05) is 29.5 Å². The molecule has 0 amide bonds. The Hall–Kier alpha value is -2.68. The summed E-state index contributed by atoms with van der Waals surface area (Å²) in [6, 6.07) is 9.20. The van der Waals surface area contributed by atoms with Crippen molar-refractivity contribution >= 4 is 35.2 Å². The Morgan fingerprint density at radius 2 is 1.84 bits per heavy atom. The van der Waals surface area contributed by atoms with Crippen molar-refractivity contribution in [1.29, 1.82) is 0 Å². The van der Waals surface area contributed by atoms with Gasteiger partial charge in [-0.1, -0.05) is 42.1 Å². The molecular weight excluding hydrogens is 338 g/mol. The van der Waals surface area contributed by atoms with Gasteiger partial charge >= 0.3 is 0 Å². The fourth-order valence-electron chi connectivity index (χ4n) is 2.23. The molecule has 0 spiro atoms. The molecule has 0 saturated heterocycles. The maximum atomic E-state index is 12.3. The van der Waals surface area contributed by atoms with E-state index in [2.05, 4.69) is 30.8 Å². The molecule has 9 heteroatoms. The molecule has 0 saturated carbocycles. The number of rotatable bonds is 8. The number of ketones is 1. The molecule has 130 valence electrons. The number of carbonyl (C=O) groups excluding carboxylic acids is 1. The molecule has 0 radical (unpaired) electrons. The van der Waals surface area contributed by atoms with Gasteiger partial charge in [0.25, 0.3) is 5.78 Å². The summed E-state index contributed by atoms with van der Waals surface area (Å²) in [7, 11) is 0. The smallest absolute Gasteiger partial charge is 0.261 e. The van der Waals surface area contributed by atoms with Crippen LogP contribution in [0.1, 0.15) is 24.2 Å². The monoisotopic (exact) mass is 357 g/mol. The van der Waals surface area contributed by atoms with Crippen molar-refractivity contribution in [3.05, 3.63) is 35.9 Å². The van der Waals surface area contributed by atoms with E-state index in [0.717, 1.165) is 0 Å². The third-order valence-electron chi connectivity index (χ3n) is 3.34. The van der Waals surface area contributed by atoms with Crippen LogP contribution >= 0.6 is 11.8 Å². The highest BCUT2D eigenvalue weighted by Gasteiger charge is 2.16. The third-order valence-corrected chi connectivity index (χ3v) is 4.27. The van der Waals surface area contributed by atoms with Crippen LogP contribution in [0.5, 0.6) is 0 Å². The van der Waals surface area contributed by atoms with Crippen LogP contribution in [0.25, 0.3) is 5.78 Å². The van der Waals surface area contributed by atoms with Gasteiger partial charge < -0.3 is 10.6 Å². The van der Waals surface area contributed by atoms with Crippen molar-refractivity contribution in [2.24, 2.45) is 0 Å². The Morgan fingerprint density at radius 1 is 1.08 bits per heavy atom. The highest BCUT2D eigenvalue weighted by atomic mass is 32.2. The molecule has 1 aromatic carbocycles. The lowest BCUT2D eigenvalue weighted by Crippen LogP contribution is -2.12. The molecule has 0 aliphatic carbocycles. The molecule has 0 bridgehead atoms. The third kappa shape index (κ3) is 3.87. The number of nitrogens with one attached hydrogen (secondary N) is 2. The molecule has 2 heterocycles. The second kappa shape index (κ2) is 7.93. The van der Waals surface area contributed by atoms with Gasteiger partial charge in [0.2, 0.25) is 11.9 Å². The average Bonchev–Trinajstić information content (AvgIpc) is 3.04. The number of carbonyl (C=O) groups is 1. The number of thioether (sulfide) groups is 1. The number of Topliss-reactive ketones (excluding diaryl/α,β-unsaturated/α-hetero) is 1. The molecule has 0 atom stereocenters. The normalized spacial score (nSPS) is 10.8. The van der Waals surface area contributed by atoms with E-state index in [0.29, 0.717) is 41.5 Å². The zero-order chi connectivity index (χ0) is 17.6. The molecule has 0 fully saturated rings. The van der Waals surface area contributed by atoms with Gasteiger partial charge in [0.15, 0.2) is 10.9 Å². The Bertz CT molecular complexity index is 866. The van der Waals surface area contributed by atoms with Crippen LogP contribution in [0.4, 0.5) is 11.9 Å². The van der Waals surface area contributed by atoms with Crippen LogP contribution in [0.2, 0.25) is 0 Å². The number of aromatic nitrogens is 5.